The van der Waals surface area contributed by atoms with E-state index in [0.29, 0.717) is 25.3 Å². The van der Waals surface area contributed by atoms with Gasteiger partial charge in [0.25, 0.3) is 0 Å². The standard InChI is InChI=1S/C16H28N4O2/c1-15(2,3)12-9-13(20(18-12)16(4,5)6)17-14(22)19-8-7-11(21)10-19/h9,11,21H,7-8,10H2,1-6H3,(H,17,22)/t11-/m0/s1. The van der Waals surface area contributed by atoms with Crippen LogP contribution in [-0.4, -0.2) is 45.0 Å². The van der Waals surface area contributed by atoms with E-state index in [2.05, 4.69) is 52.0 Å². The van der Waals surface area contributed by atoms with E-state index in [-0.39, 0.29) is 17.0 Å². The first-order valence-corrected chi connectivity index (χ1v) is 7.83. The Labute approximate surface area is 132 Å². The lowest BCUT2D eigenvalue weighted by molar-refractivity contribution is 0.176. The number of nitrogens with zero attached hydrogens (tertiary/aromatic N) is 3. The van der Waals surface area contributed by atoms with Gasteiger partial charge in [-0.1, -0.05) is 20.8 Å². The third kappa shape index (κ3) is 3.61. The number of likely N-dealkylation sites (tertiary alicyclic amines) is 1. The van der Waals surface area contributed by atoms with E-state index in [0.717, 1.165) is 5.69 Å². The number of urea groups is 1. The fourth-order valence-electron chi connectivity index (χ4n) is 2.46. The van der Waals surface area contributed by atoms with Crippen molar-refractivity contribution in [3.8, 4) is 0 Å². The van der Waals surface area contributed by atoms with Crippen LogP contribution in [0, 0.1) is 0 Å². The number of aliphatic hydroxyl groups is 1. The molecule has 124 valence electrons. The van der Waals surface area contributed by atoms with Crippen LogP contribution in [0.2, 0.25) is 0 Å². The molecule has 6 heteroatoms. The molecule has 1 aromatic rings. The van der Waals surface area contributed by atoms with Gasteiger partial charge in [0.2, 0.25) is 0 Å². The smallest absolute Gasteiger partial charge is 0.323 e. The summed E-state index contributed by atoms with van der Waals surface area (Å²) in [5, 5.41) is 17.2. The highest BCUT2D eigenvalue weighted by Crippen LogP contribution is 2.28. The minimum absolute atomic E-state index is 0.0835. The number of aromatic nitrogens is 2. The minimum atomic E-state index is -0.414. The number of carbonyl (C=O) groups is 1. The zero-order chi connectivity index (χ0) is 16.7. The molecule has 1 atom stereocenters. The Hall–Kier alpha value is -1.56. The van der Waals surface area contributed by atoms with E-state index >= 15 is 0 Å². The highest BCUT2D eigenvalue weighted by atomic mass is 16.3. The SMILES string of the molecule is CC(C)(C)c1cc(NC(=O)N2CC[C@H](O)C2)n(C(C)(C)C)n1. The number of nitrogens with one attached hydrogen (secondary N) is 1. The molecular weight excluding hydrogens is 280 g/mol. The lowest BCUT2D eigenvalue weighted by Crippen LogP contribution is -2.35. The highest BCUT2D eigenvalue weighted by molar-refractivity contribution is 5.88. The van der Waals surface area contributed by atoms with Gasteiger partial charge >= 0.3 is 6.03 Å². The number of β-amino-alcohol motifs (C(OH)–C–C–N with tert-alkyl or cyclic N) is 1. The molecule has 0 aliphatic carbocycles. The van der Waals surface area contributed by atoms with Gasteiger partial charge in [0.15, 0.2) is 0 Å². The van der Waals surface area contributed by atoms with E-state index < -0.39 is 6.10 Å². The van der Waals surface area contributed by atoms with Crippen LogP contribution in [0.25, 0.3) is 0 Å². The van der Waals surface area contributed by atoms with Crippen molar-refractivity contribution in [2.24, 2.45) is 0 Å². The van der Waals surface area contributed by atoms with Crippen molar-refractivity contribution in [1.82, 2.24) is 14.7 Å². The Morgan fingerprint density at radius 2 is 1.95 bits per heavy atom. The highest BCUT2D eigenvalue weighted by Gasteiger charge is 2.28. The van der Waals surface area contributed by atoms with Crippen molar-refractivity contribution in [2.45, 2.75) is 65.0 Å². The van der Waals surface area contributed by atoms with Crippen molar-refractivity contribution in [3.63, 3.8) is 0 Å². The van der Waals surface area contributed by atoms with Gasteiger partial charge in [-0.2, -0.15) is 5.10 Å². The molecular formula is C16H28N4O2. The molecule has 2 heterocycles. The van der Waals surface area contributed by atoms with Gasteiger partial charge in [0, 0.05) is 24.6 Å². The molecule has 0 saturated carbocycles. The van der Waals surface area contributed by atoms with Gasteiger partial charge < -0.3 is 10.0 Å². The third-order valence-corrected chi connectivity index (χ3v) is 3.80. The maximum atomic E-state index is 12.4. The molecule has 0 bridgehead atoms. The van der Waals surface area contributed by atoms with Crippen LogP contribution in [0.3, 0.4) is 0 Å². The number of amides is 2. The summed E-state index contributed by atoms with van der Waals surface area (Å²) < 4.78 is 1.86. The number of carbonyl (C=O) groups excluding carboxylic acids is 1. The van der Waals surface area contributed by atoms with E-state index in [1.54, 1.807) is 4.90 Å². The zero-order valence-corrected chi connectivity index (χ0v) is 14.5. The second-order valence-electron chi connectivity index (χ2n) is 8.07. The maximum Gasteiger partial charge on any atom is 0.323 e. The lowest BCUT2D eigenvalue weighted by atomic mass is 9.92. The van der Waals surface area contributed by atoms with Crippen LogP contribution in [0.5, 0.6) is 0 Å². The number of aliphatic hydroxyl groups excluding tert-OH is 1. The molecule has 6 nitrogen and oxygen atoms in total. The molecule has 0 aromatic carbocycles. The molecule has 2 rings (SSSR count). The Morgan fingerprint density at radius 1 is 1.32 bits per heavy atom. The molecule has 0 radical (unpaired) electrons. The summed E-state index contributed by atoms with van der Waals surface area (Å²) in [5.41, 5.74) is 0.635. The molecule has 1 aliphatic heterocycles. The van der Waals surface area contributed by atoms with Gasteiger partial charge in [0.1, 0.15) is 5.82 Å². The average Bonchev–Trinajstić information content (AvgIpc) is 2.93. The monoisotopic (exact) mass is 308 g/mol. The molecule has 2 amide bonds. The fraction of sp³-hybridized carbons (Fsp3) is 0.750. The molecule has 1 aliphatic rings. The Bertz CT molecular complexity index is 551. The summed E-state index contributed by atoms with van der Waals surface area (Å²) >= 11 is 0. The van der Waals surface area contributed by atoms with Gasteiger partial charge in [-0.25, -0.2) is 9.48 Å². The second kappa shape index (κ2) is 5.57. The zero-order valence-electron chi connectivity index (χ0n) is 14.5. The minimum Gasteiger partial charge on any atom is -0.391 e. The van der Waals surface area contributed by atoms with Crippen molar-refractivity contribution in [2.75, 3.05) is 18.4 Å². The molecule has 22 heavy (non-hydrogen) atoms. The van der Waals surface area contributed by atoms with Gasteiger partial charge in [-0.15, -0.1) is 0 Å². The Balaban J connectivity index is 2.25. The summed E-state index contributed by atoms with van der Waals surface area (Å²) in [6.45, 7) is 13.5. The van der Waals surface area contributed by atoms with Gasteiger partial charge in [-0.3, -0.25) is 5.32 Å². The lowest BCUT2D eigenvalue weighted by Gasteiger charge is -2.24. The predicted molar refractivity (Wildman–Crippen MR) is 87.1 cm³/mol. The quantitative estimate of drug-likeness (QED) is 0.837. The first-order valence-electron chi connectivity index (χ1n) is 7.83. The number of hydrogen-bond acceptors (Lipinski definition) is 3. The van der Waals surface area contributed by atoms with Crippen molar-refractivity contribution >= 4 is 11.8 Å². The molecule has 0 spiro atoms. The number of rotatable bonds is 1. The third-order valence-electron chi connectivity index (χ3n) is 3.80. The Morgan fingerprint density at radius 3 is 2.41 bits per heavy atom. The molecule has 1 fully saturated rings. The van der Waals surface area contributed by atoms with Crippen LogP contribution in [0.15, 0.2) is 6.07 Å². The van der Waals surface area contributed by atoms with Crippen LogP contribution in [0.4, 0.5) is 10.6 Å². The van der Waals surface area contributed by atoms with E-state index in [1.807, 2.05) is 10.7 Å². The topological polar surface area (TPSA) is 70.4 Å². The van der Waals surface area contributed by atoms with Crippen LogP contribution in [0.1, 0.15) is 53.7 Å². The predicted octanol–water partition coefficient (Wildman–Crippen LogP) is 2.53. The maximum absolute atomic E-state index is 12.4. The first kappa shape index (κ1) is 16.8. The molecule has 1 aromatic heterocycles. The van der Waals surface area contributed by atoms with E-state index in [1.165, 1.54) is 0 Å². The number of anilines is 1. The summed E-state index contributed by atoms with van der Waals surface area (Å²) in [4.78, 5) is 14.0. The Kier molecular flexibility index (Phi) is 4.26. The van der Waals surface area contributed by atoms with E-state index in [4.69, 9.17) is 0 Å². The van der Waals surface area contributed by atoms with Crippen molar-refractivity contribution in [1.29, 1.82) is 0 Å². The summed E-state index contributed by atoms with van der Waals surface area (Å²) in [6.07, 6.45) is 0.225. The average molecular weight is 308 g/mol. The van der Waals surface area contributed by atoms with Crippen molar-refractivity contribution < 1.29 is 9.90 Å². The summed E-state index contributed by atoms with van der Waals surface area (Å²) in [6, 6.07) is 1.76. The van der Waals surface area contributed by atoms with Crippen LogP contribution >= 0.6 is 0 Å². The van der Waals surface area contributed by atoms with Gasteiger partial charge in [-0.05, 0) is 27.2 Å². The normalized spacial score (nSPS) is 19.6. The van der Waals surface area contributed by atoms with Crippen LogP contribution in [-0.2, 0) is 11.0 Å². The molecule has 1 saturated heterocycles. The summed E-state index contributed by atoms with van der Waals surface area (Å²) in [7, 11) is 0. The second-order valence-corrected chi connectivity index (χ2v) is 8.07. The fourth-order valence-corrected chi connectivity index (χ4v) is 2.46. The van der Waals surface area contributed by atoms with Gasteiger partial charge in [0.05, 0.1) is 17.3 Å². The molecule has 0 unspecified atom stereocenters. The summed E-state index contributed by atoms with van der Waals surface area (Å²) in [5.74, 6) is 0.698. The molecule has 2 N–H and O–H groups in total. The van der Waals surface area contributed by atoms with Crippen LogP contribution < -0.4 is 5.32 Å². The van der Waals surface area contributed by atoms with Crippen molar-refractivity contribution in [3.05, 3.63) is 11.8 Å². The van der Waals surface area contributed by atoms with E-state index in [9.17, 15) is 9.90 Å². The number of hydrogen-bond donors (Lipinski definition) is 2. The first-order chi connectivity index (χ1) is 9.98. The largest absolute Gasteiger partial charge is 0.391 e.